The second-order valence-electron chi connectivity index (χ2n) is 9.42. The summed E-state index contributed by atoms with van der Waals surface area (Å²) >= 11 is 0. The van der Waals surface area contributed by atoms with E-state index in [-0.39, 0.29) is 24.9 Å². The normalized spacial score (nSPS) is 20.5. The number of fused-ring (bicyclic) bond motifs is 3. The van der Waals surface area contributed by atoms with Gasteiger partial charge in [0.1, 0.15) is 12.5 Å². The Morgan fingerprint density at radius 3 is 2.14 bits per heavy atom. The summed E-state index contributed by atoms with van der Waals surface area (Å²) in [6.45, 7) is 3.04. The summed E-state index contributed by atoms with van der Waals surface area (Å²) in [6.07, 6.45) is -1.19. The predicted octanol–water partition coefficient (Wildman–Crippen LogP) is 4.02. The summed E-state index contributed by atoms with van der Waals surface area (Å²) in [5, 5.41) is 13.7. The van der Waals surface area contributed by atoms with Gasteiger partial charge >= 0.3 is 12.1 Å². The van der Waals surface area contributed by atoms with Gasteiger partial charge in [0.05, 0.1) is 12.3 Å². The van der Waals surface area contributed by atoms with Crippen LogP contribution in [-0.2, 0) is 14.3 Å². The maximum absolute atomic E-state index is 14.3. The second kappa shape index (κ2) is 9.64. The molecular weight excluding hydrogens is 458 g/mol. The third-order valence-corrected chi connectivity index (χ3v) is 6.82. The minimum Gasteiger partial charge on any atom is -0.481 e. The zero-order valence-corrected chi connectivity index (χ0v) is 19.5. The first kappa shape index (κ1) is 24.6. The Kier molecular flexibility index (Phi) is 6.78. The first-order valence-electron chi connectivity index (χ1n) is 11.6. The quantitative estimate of drug-likeness (QED) is 0.497. The SMILES string of the molecule is CC(C)C(CC(=O)O)NC(=O)C1C(CNC(=O)OCC2c3ccccc3-c3ccccc32)C1(F)F. The molecule has 0 bridgehead atoms. The number of hydrogen-bond acceptors (Lipinski definition) is 4. The van der Waals surface area contributed by atoms with E-state index < -0.39 is 48.3 Å². The average molecular weight is 487 g/mol. The average Bonchev–Trinajstić information content (AvgIpc) is 3.22. The number of carbonyl (C=O) groups is 3. The largest absolute Gasteiger partial charge is 0.481 e. The van der Waals surface area contributed by atoms with Gasteiger partial charge in [-0.2, -0.15) is 0 Å². The van der Waals surface area contributed by atoms with Crippen LogP contribution in [0.5, 0.6) is 0 Å². The van der Waals surface area contributed by atoms with E-state index in [4.69, 9.17) is 9.84 Å². The van der Waals surface area contributed by atoms with Crippen molar-refractivity contribution in [2.24, 2.45) is 17.8 Å². The molecule has 35 heavy (non-hydrogen) atoms. The molecule has 1 saturated carbocycles. The highest BCUT2D eigenvalue weighted by Crippen LogP contribution is 2.55. The molecule has 1 fully saturated rings. The number of benzene rings is 2. The molecule has 3 atom stereocenters. The van der Waals surface area contributed by atoms with Gasteiger partial charge in [-0.05, 0) is 28.2 Å². The number of carboxylic acid groups (broad SMARTS) is 1. The van der Waals surface area contributed by atoms with Crippen LogP contribution >= 0.6 is 0 Å². The van der Waals surface area contributed by atoms with E-state index in [0.29, 0.717) is 0 Å². The van der Waals surface area contributed by atoms with Gasteiger partial charge in [-0.1, -0.05) is 62.4 Å². The Hall–Kier alpha value is -3.49. The van der Waals surface area contributed by atoms with Crippen LogP contribution in [0.4, 0.5) is 13.6 Å². The van der Waals surface area contributed by atoms with Crippen molar-refractivity contribution in [2.75, 3.05) is 13.2 Å². The lowest BCUT2D eigenvalue weighted by molar-refractivity contribution is -0.138. The number of rotatable bonds is 9. The fraction of sp³-hybridized carbons (Fsp3) is 0.423. The maximum Gasteiger partial charge on any atom is 0.407 e. The van der Waals surface area contributed by atoms with Gasteiger partial charge in [-0.25, -0.2) is 13.6 Å². The molecule has 0 aromatic heterocycles. The van der Waals surface area contributed by atoms with E-state index >= 15 is 0 Å². The Morgan fingerprint density at radius 2 is 1.60 bits per heavy atom. The molecule has 186 valence electrons. The predicted molar refractivity (Wildman–Crippen MR) is 124 cm³/mol. The molecule has 7 nitrogen and oxygen atoms in total. The molecule has 2 aliphatic rings. The standard InChI is InChI=1S/C26H28F2N2O5/c1-14(2)21(11-22(31)32)30-24(33)23-20(26(23,27)28)12-29-25(34)35-13-19-17-9-5-3-7-15(17)16-8-4-6-10-18(16)19/h3-10,14,19-21,23H,11-13H2,1-2H3,(H,29,34)(H,30,33)(H,31,32). The van der Waals surface area contributed by atoms with Crippen molar-refractivity contribution >= 4 is 18.0 Å². The minimum absolute atomic E-state index is 0.0517. The van der Waals surface area contributed by atoms with Gasteiger partial charge in [-0.15, -0.1) is 0 Å². The fourth-order valence-corrected chi connectivity index (χ4v) is 4.76. The Bertz CT molecular complexity index is 1090. The molecule has 2 amide bonds. The monoisotopic (exact) mass is 486 g/mol. The summed E-state index contributed by atoms with van der Waals surface area (Å²) in [4.78, 5) is 35.6. The number of alkyl halides is 2. The Labute approximate surface area is 201 Å². The number of alkyl carbamates (subject to hydrolysis) is 1. The van der Waals surface area contributed by atoms with Crippen LogP contribution in [0.25, 0.3) is 11.1 Å². The number of carbonyl (C=O) groups excluding carboxylic acids is 2. The Morgan fingerprint density at radius 1 is 1.03 bits per heavy atom. The molecule has 0 aliphatic heterocycles. The second-order valence-corrected chi connectivity index (χ2v) is 9.42. The lowest BCUT2D eigenvalue weighted by Crippen LogP contribution is -2.42. The van der Waals surface area contributed by atoms with Crippen LogP contribution in [0.2, 0.25) is 0 Å². The van der Waals surface area contributed by atoms with Crippen LogP contribution in [-0.4, -0.2) is 48.2 Å². The molecule has 0 heterocycles. The maximum atomic E-state index is 14.3. The molecule has 4 rings (SSSR count). The van der Waals surface area contributed by atoms with E-state index in [9.17, 15) is 23.2 Å². The van der Waals surface area contributed by atoms with E-state index in [1.807, 2.05) is 48.5 Å². The number of carboxylic acids is 1. The third-order valence-electron chi connectivity index (χ3n) is 6.82. The lowest BCUT2D eigenvalue weighted by Gasteiger charge is -2.20. The molecule has 0 radical (unpaired) electrons. The molecule has 2 aromatic carbocycles. The molecule has 0 spiro atoms. The van der Waals surface area contributed by atoms with Gasteiger partial charge in [0.25, 0.3) is 5.92 Å². The number of ether oxygens (including phenoxy) is 1. The van der Waals surface area contributed by atoms with Crippen LogP contribution < -0.4 is 10.6 Å². The summed E-state index contributed by atoms with van der Waals surface area (Å²) in [5.74, 6) is -8.71. The van der Waals surface area contributed by atoms with Crippen LogP contribution in [0.3, 0.4) is 0 Å². The summed E-state index contributed by atoms with van der Waals surface area (Å²) in [7, 11) is 0. The van der Waals surface area contributed by atoms with Crippen molar-refractivity contribution in [2.45, 2.75) is 38.2 Å². The van der Waals surface area contributed by atoms with Crippen molar-refractivity contribution in [1.29, 1.82) is 0 Å². The summed E-state index contributed by atoms with van der Waals surface area (Å²) in [6, 6.07) is 14.9. The number of hydrogen-bond donors (Lipinski definition) is 3. The molecular formula is C26H28F2N2O5. The molecule has 3 N–H and O–H groups in total. The molecule has 3 unspecified atom stereocenters. The number of amides is 2. The third kappa shape index (κ3) is 4.99. The highest BCUT2D eigenvalue weighted by atomic mass is 19.3. The fourth-order valence-electron chi connectivity index (χ4n) is 4.76. The Balaban J connectivity index is 1.31. The van der Waals surface area contributed by atoms with Gasteiger partial charge in [-0.3, -0.25) is 9.59 Å². The smallest absolute Gasteiger partial charge is 0.407 e. The zero-order valence-electron chi connectivity index (χ0n) is 19.5. The molecule has 2 aromatic rings. The molecule has 2 aliphatic carbocycles. The molecule has 9 heteroatoms. The number of halogens is 2. The molecule has 0 saturated heterocycles. The number of nitrogens with one attached hydrogen (secondary N) is 2. The topological polar surface area (TPSA) is 105 Å². The van der Waals surface area contributed by atoms with E-state index in [2.05, 4.69) is 10.6 Å². The summed E-state index contributed by atoms with van der Waals surface area (Å²) < 4.78 is 33.9. The van der Waals surface area contributed by atoms with Crippen molar-refractivity contribution in [3.8, 4) is 11.1 Å². The highest BCUT2D eigenvalue weighted by molar-refractivity contribution is 5.84. The van der Waals surface area contributed by atoms with Crippen molar-refractivity contribution in [3.05, 3.63) is 59.7 Å². The van der Waals surface area contributed by atoms with Crippen LogP contribution in [0, 0.1) is 17.8 Å². The number of aliphatic carboxylic acids is 1. The minimum atomic E-state index is -3.29. The van der Waals surface area contributed by atoms with Gasteiger partial charge in [0.2, 0.25) is 5.91 Å². The zero-order chi connectivity index (χ0) is 25.3. The van der Waals surface area contributed by atoms with Crippen LogP contribution in [0.1, 0.15) is 37.3 Å². The van der Waals surface area contributed by atoms with Crippen molar-refractivity contribution < 1.29 is 33.0 Å². The van der Waals surface area contributed by atoms with Gasteiger partial charge in [0, 0.05) is 18.5 Å². The lowest BCUT2D eigenvalue weighted by atomic mass is 9.98. The van der Waals surface area contributed by atoms with Gasteiger partial charge < -0.3 is 20.5 Å². The van der Waals surface area contributed by atoms with Crippen molar-refractivity contribution in [1.82, 2.24) is 10.6 Å². The van der Waals surface area contributed by atoms with Gasteiger partial charge in [0.15, 0.2) is 0 Å². The summed E-state index contributed by atoms with van der Waals surface area (Å²) in [5.41, 5.74) is 4.22. The first-order chi connectivity index (χ1) is 16.6. The first-order valence-corrected chi connectivity index (χ1v) is 11.6. The highest BCUT2D eigenvalue weighted by Gasteiger charge is 2.71. The van der Waals surface area contributed by atoms with E-state index in [1.165, 1.54) is 0 Å². The van der Waals surface area contributed by atoms with E-state index in [1.54, 1.807) is 13.8 Å². The van der Waals surface area contributed by atoms with E-state index in [0.717, 1.165) is 22.3 Å². The van der Waals surface area contributed by atoms with Crippen molar-refractivity contribution in [3.63, 3.8) is 0 Å². The van der Waals surface area contributed by atoms with Crippen LogP contribution in [0.15, 0.2) is 48.5 Å².